The molecule has 0 spiro atoms. The maximum Gasteiger partial charge on any atom is 0.241 e. The average molecular weight is 224 g/mol. The summed E-state index contributed by atoms with van der Waals surface area (Å²) in [7, 11) is 1.61. The van der Waals surface area contributed by atoms with E-state index in [1.165, 1.54) is 0 Å². The Bertz CT molecular complexity index is 357. The molecule has 6 nitrogen and oxygen atoms in total. The van der Waals surface area contributed by atoms with Crippen molar-refractivity contribution in [2.45, 2.75) is 19.0 Å². The molecular weight excluding hydrogens is 208 g/mol. The number of hydrogen-bond donors (Lipinski definition) is 2. The Labute approximate surface area is 94.0 Å². The molecule has 0 saturated carbocycles. The highest BCUT2D eigenvalue weighted by molar-refractivity contribution is 5.75. The van der Waals surface area contributed by atoms with Crippen molar-refractivity contribution in [1.82, 2.24) is 15.1 Å². The Morgan fingerprint density at radius 1 is 1.75 bits per heavy atom. The second kappa shape index (κ2) is 4.98. The van der Waals surface area contributed by atoms with Crippen LogP contribution in [0.3, 0.4) is 0 Å². The van der Waals surface area contributed by atoms with Gasteiger partial charge in [0.1, 0.15) is 6.54 Å². The minimum absolute atomic E-state index is 0.0566. The first-order valence-electron chi connectivity index (χ1n) is 5.35. The molecule has 1 aliphatic heterocycles. The van der Waals surface area contributed by atoms with Gasteiger partial charge in [-0.3, -0.25) is 9.48 Å². The van der Waals surface area contributed by atoms with E-state index in [0.717, 1.165) is 25.3 Å². The molecule has 1 unspecified atom stereocenters. The molecule has 0 bridgehead atoms. The highest BCUT2D eigenvalue weighted by Gasteiger charge is 2.15. The van der Waals surface area contributed by atoms with E-state index in [1.807, 2.05) is 6.20 Å². The molecule has 1 saturated heterocycles. The smallest absolute Gasteiger partial charge is 0.241 e. The van der Waals surface area contributed by atoms with Crippen molar-refractivity contribution in [3.63, 3.8) is 0 Å². The van der Waals surface area contributed by atoms with Gasteiger partial charge in [-0.2, -0.15) is 5.10 Å². The maximum atomic E-state index is 11.1. The first-order chi connectivity index (χ1) is 7.78. The van der Waals surface area contributed by atoms with Gasteiger partial charge in [-0.05, 0) is 6.42 Å². The summed E-state index contributed by atoms with van der Waals surface area (Å²) >= 11 is 0. The van der Waals surface area contributed by atoms with Crippen molar-refractivity contribution >= 4 is 11.6 Å². The third-order valence-electron chi connectivity index (χ3n) is 2.52. The molecule has 0 radical (unpaired) electrons. The molecule has 6 heteroatoms. The average Bonchev–Trinajstić information content (AvgIpc) is 2.91. The van der Waals surface area contributed by atoms with Gasteiger partial charge in [0.25, 0.3) is 0 Å². The zero-order valence-electron chi connectivity index (χ0n) is 9.27. The van der Waals surface area contributed by atoms with Crippen LogP contribution in [0.5, 0.6) is 0 Å². The van der Waals surface area contributed by atoms with Gasteiger partial charge >= 0.3 is 0 Å². The summed E-state index contributed by atoms with van der Waals surface area (Å²) in [6.45, 7) is 1.80. The van der Waals surface area contributed by atoms with Crippen molar-refractivity contribution in [2.24, 2.45) is 0 Å². The van der Waals surface area contributed by atoms with Crippen LogP contribution in [0.15, 0.2) is 12.4 Å². The first kappa shape index (κ1) is 10.9. The summed E-state index contributed by atoms with van der Waals surface area (Å²) in [5.74, 6) is -0.0566. The minimum Gasteiger partial charge on any atom is -0.379 e. The van der Waals surface area contributed by atoms with Gasteiger partial charge in [-0.1, -0.05) is 0 Å². The third kappa shape index (κ3) is 2.73. The Morgan fingerprint density at radius 2 is 2.62 bits per heavy atom. The van der Waals surface area contributed by atoms with E-state index < -0.39 is 0 Å². The lowest BCUT2D eigenvalue weighted by Crippen LogP contribution is -2.23. The second-order valence-electron chi connectivity index (χ2n) is 3.80. The fraction of sp³-hybridized carbons (Fsp3) is 0.600. The highest BCUT2D eigenvalue weighted by atomic mass is 16.5. The minimum atomic E-state index is -0.0566. The molecule has 1 atom stereocenters. The van der Waals surface area contributed by atoms with Crippen molar-refractivity contribution < 1.29 is 9.53 Å². The predicted molar refractivity (Wildman–Crippen MR) is 59.1 cm³/mol. The van der Waals surface area contributed by atoms with Crippen molar-refractivity contribution in [1.29, 1.82) is 0 Å². The second-order valence-corrected chi connectivity index (χ2v) is 3.80. The van der Waals surface area contributed by atoms with E-state index in [2.05, 4.69) is 15.7 Å². The Hall–Kier alpha value is -1.56. The summed E-state index contributed by atoms with van der Waals surface area (Å²) < 4.78 is 6.87. The number of amides is 1. The molecular formula is C10H16N4O2. The van der Waals surface area contributed by atoms with Crippen molar-refractivity contribution in [3.05, 3.63) is 12.4 Å². The molecule has 16 heavy (non-hydrogen) atoms. The van der Waals surface area contributed by atoms with E-state index >= 15 is 0 Å². The largest absolute Gasteiger partial charge is 0.379 e. The third-order valence-corrected chi connectivity index (χ3v) is 2.52. The SMILES string of the molecule is CNC(=O)Cn1cc(NC2CCOC2)cn1. The predicted octanol–water partition coefficient (Wildman–Crippen LogP) is -0.170. The van der Waals surface area contributed by atoms with Crippen LogP contribution in [-0.2, 0) is 16.1 Å². The van der Waals surface area contributed by atoms with E-state index in [4.69, 9.17) is 4.74 Å². The highest BCUT2D eigenvalue weighted by Crippen LogP contribution is 2.12. The maximum absolute atomic E-state index is 11.1. The van der Waals surface area contributed by atoms with Gasteiger partial charge in [-0.15, -0.1) is 0 Å². The molecule has 2 rings (SSSR count). The number of rotatable bonds is 4. The van der Waals surface area contributed by atoms with Crippen LogP contribution in [-0.4, -0.2) is 42.0 Å². The van der Waals surface area contributed by atoms with Crippen LogP contribution in [0.4, 0.5) is 5.69 Å². The molecule has 1 aromatic rings. The molecule has 1 amide bonds. The summed E-state index contributed by atoms with van der Waals surface area (Å²) in [5.41, 5.74) is 0.930. The van der Waals surface area contributed by atoms with Crippen molar-refractivity contribution in [3.8, 4) is 0 Å². The number of aromatic nitrogens is 2. The quantitative estimate of drug-likeness (QED) is 0.745. The van der Waals surface area contributed by atoms with Crippen molar-refractivity contribution in [2.75, 3.05) is 25.6 Å². The molecule has 1 aliphatic rings. The molecule has 2 N–H and O–H groups in total. The fourth-order valence-corrected chi connectivity index (χ4v) is 1.63. The van der Waals surface area contributed by atoms with E-state index in [9.17, 15) is 4.79 Å². The molecule has 2 heterocycles. The van der Waals surface area contributed by atoms with Crippen LogP contribution in [0.1, 0.15) is 6.42 Å². The van der Waals surface area contributed by atoms with Gasteiger partial charge in [0.2, 0.25) is 5.91 Å². The zero-order valence-corrected chi connectivity index (χ0v) is 9.27. The summed E-state index contributed by atoms with van der Waals surface area (Å²) in [6, 6.07) is 0.359. The molecule has 1 fully saturated rings. The van der Waals surface area contributed by atoms with Crippen LogP contribution < -0.4 is 10.6 Å². The number of anilines is 1. The number of nitrogens with zero attached hydrogens (tertiary/aromatic N) is 2. The number of hydrogen-bond acceptors (Lipinski definition) is 4. The number of likely N-dealkylation sites (N-methyl/N-ethyl adjacent to an activating group) is 1. The standard InChI is InChI=1S/C10H16N4O2/c1-11-10(15)6-14-5-9(4-12-14)13-8-2-3-16-7-8/h4-5,8,13H,2-3,6-7H2,1H3,(H,11,15). The van der Waals surface area contributed by atoms with Crippen LogP contribution in [0, 0.1) is 0 Å². The molecule has 0 aromatic carbocycles. The van der Waals surface area contributed by atoms with E-state index in [1.54, 1.807) is 17.9 Å². The summed E-state index contributed by atoms with van der Waals surface area (Å²) in [4.78, 5) is 11.1. The van der Waals surface area contributed by atoms with Crippen LogP contribution in [0.25, 0.3) is 0 Å². The topological polar surface area (TPSA) is 68.2 Å². The number of ether oxygens (including phenoxy) is 1. The number of nitrogens with one attached hydrogen (secondary N) is 2. The van der Waals surface area contributed by atoms with Gasteiger partial charge in [0.15, 0.2) is 0 Å². The normalized spacial score (nSPS) is 19.7. The van der Waals surface area contributed by atoms with Crippen LogP contribution >= 0.6 is 0 Å². The fourth-order valence-electron chi connectivity index (χ4n) is 1.63. The first-order valence-corrected chi connectivity index (χ1v) is 5.35. The van der Waals surface area contributed by atoms with Gasteiger partial charge in [0, 0.05) is 19.9 Å². The van der Waals surface area contributed by atoms with Gasteiger partial charge in [-0.25, -0.2) is 0 Å². The Morgan fingerprint density at radius 3 is 3.31 bits per heavy atom. The Kier molecular flexibility index (Phi) is 3.40. The lowest BCUT2D eigenvalue weighted by Gasteiger charge is -2.08. The lowest BCUT2D eigenvalue weighted by molar-refractivity contribution is -0.121. The summed E-state index contributed by atoms with van der Waals surface area (Å²) in [5, 5.41) is 9.97. The monoisotopic (exact) mass is 224 g/mol. The number of carbonyl (C=O) groups excluding carboxylic acids is 1. The Balaban J connectivity index is 1.88. The van der Waals surface area contributed by atoms with Gasteiger partial charge < -0.3 is 15.4 Å². The number of carbonyl (C=O) groups is 1. The lowest BCUT2D eigenvalue weighted by atomic mass is 10.2. The molecule has 1 aromatic heterocycles. The van der Waals surface area contributed by atoms with E-state index in [0.29, 0.717) is 6.04 Å². The van der Waals surface area contributed by atoms with Gasteiger partial charge in [0.05, 0.1) is 24.5 Å². The molecule has 0 aliphatic carbocycles. The van der Waals surface area contributed by atoms with Crippen LogP contribution in [0.2, 0.25) is 0 Å². The van der Waals surface area contributed by atoms with E-state index in [-0.39, 0.29) is 12.5 Å². The summed E-state index contributed by atoms with van der Waals surface area (Å²) in [6.07, 6.45) is 4.56. The molecule has 88 valence electrons. The zero-order chi connectivity index (χ0) is 11.4.